The van der Waals surface area contributed by atoms with Crippen molar-refractivity contribution in [3.63, 3.8) is 0 Å². The van der Waals surface area contributed by atoms with Crippen molar-refractivity contribution in [3.8, 4) is 5.75 Å². The minimum Gasteiger partial charge on any atom is -0.495 e. The van der Waals surface area contributed by atoms with Crippen molar-refractivity contribution in [1.29, 1.82) is 0 Å². The van der Waals surface area contributed by atoms with Crippen LogP contribution >= 0.6 is 0 Å². The first-order chi connectivity index (χ1) is 7.17. The average molecular weight is 213 g/mol. The zero-order valence-corrected chi connectivity index (χ0v) is 8.29. The highest BCUT2D eigenvalue weighted by atomic mass is 19.1. The molecule has 0 aromatic heterocycles. The summed E-state index contributed by atoms with van der Waals surface area (Å²) in [6.07, 6.45) is -0.0281. The molecule has 0 bridgehead atoms. The number of benzene rings is 1. The minimum absolute atomic E-state index is 0.0281. The molecule has 0 radical (unpaired) electrons. The molecule has 5 heteroatoms. The van der Waals surface area contributed by atoms with E-state index in [0.29, 0.717) is 5.75 Å². The fraction of sp³-hybridized carbons (Fsp3) is 0.300. The van der Waals surface area contributed by atoms with E-state index in [0.717, 1.165) is 6.07 Å². The molecule has 0 aliphatic rings. The number of anilines is 1. The Labute approximate surface area is 86.7 Å². The molecule has 0 heterocycles. The van der Waals surface area contributed by atoms with Crippen LogP contribution in [0.3, 0.4) is 0 Å². The lowest BCUT2D eigenvalue weighted by Gasteiger charge is -2.09. The van der Waals surface area contributed by atoms with Crippen LogP contribution in [0.1, 0.15) is 6.42 Å². The van der Waals surface area contributed by atoms with Crippen LogP contribution in [0, 0.1) is 5.82 Å². The van der Waals surface area contributed by atoms with Gasteiger partial charge in [-0.15, -0.1) is 0 Å². The summed E-state index contributed by atoms with van der Waals surface area (Å²) in [5, 5.41) is 11.0. The van der Waals surface area contributed by atoms with Gasteiger partial charge in [0.1, 0.15) is 11.6 Å². The highest BCUT2D eigenvalue weighted by Crippen LogP contribution is 2.24. The van der Waals surface area contributed by atoms with Crippen LogP contribution in [-0.2, 0) is 4.79 Å². The number of hydrogen-bond acceptors (Lipinski definition) is 3. The van der Waals surface area contributed by atoms with Gasteiger partial charge in [0.15, 0.2) is 0 Å². The topological polar surface area (TPSA) is 58.6 Å². The maximum absolute atomic E-state index is 12.9. The van der Waals surface area contributed by atoms with E-state index >= 15 is 0 Å². The molecule has 0 spiro atoms. The molecule has 15 heavy (non-hydrogen) atoms. The van der Waals surface area contributed by atoms with Crippen LogP contribution in [0.25, 0.3) is 0 Å². The van der Waals surface area contributed by atoms with Gasteiger partial charge < -0.3 is 15.2 Å². The van der Waals surface area contributed by atoms with Gasteiger partial charge in [-0.1, -0.05) is 0 Å². The molecule has 0 atom stereocenters. The Balaban J connectivity index is 2.82. The SMILES string of the molecule is COc1ccc(F)cc1NC(=O)CCO. The van der Waals surface area contributed by atoms with Crippen LogP contribution in [0.15, 0.2) is 18.2 Å². The lowest BCUT2D eigenvalue weighted by atomic mass is 10.2. The van der Waals surface area contributed by atoms with E-state index < -0.39 is 5.82 Å². The van der Waals surface area contributed by atoms with Gasteiger partial charge in [0.25, 0.3) is 0 Å². The van der Waals surface area contributed by atoms with Crippen LogP contribution in [0.4, 0.5) is 10.1 Å². The van der Waals surface area contributed by atoms with Crippen molar-refractivity contribution in [2.24, 2.45) is 0 Å². The van der Waals surface area contributed by atoms with Crippen molar-refractivity contribution in [2.75, 3.05) is 19.0 Å². The minimum atomic E-state index is -0.463. The third-order valence-corrected chi connectivity index (χ3v) is 1.77. The second-order valence-electron chi connectivity index (χ2n) is 2.87. The summed E-state index contributed by atoms with van der Waals surface area (Å²) < 4.78 is 17.8. The van der Waals surface area contributed by atoms with Gasteiger partial charge >= 0.3 is 0 Å². The molecule has 4 nitrogen and oxygen atoms in total. The Morgan fingerprint density at radius 1 is 1.60 bits per heavy atom. The van der Waals surface area contributed by atoms with E-state index in [1.165, 1.54) is 19.2 Å². The third-order valence-electron chi connectivity index (χ3n) is 1.77. The van der Waals surface area contributed by atoms with Gasteiger partial charge in [0.05, 0.1) is 25.8 Å². The fourth-order valence-corrected chi connectivity index (χ4v) is 1.09. The van der Waals surface area contributed by atoms with Gasteiger partial charge in [-0.2, -0.15) is 0 Å². The van der Waals surface area contributed by atoms with Gasteiger partial charge in [-0.05, 0) is 12.1 Å². The molecule has 82 valence electrons. The summed E-state index contributed by atoms with van der Waals surface area (Å²) in [4.78, 5) is 11.1. The maximum Gasteiger partial charge on any atom is 0.226 e. The molecule has 1 aromatic carbocycles. The lowest BCUT2D eigenvalue weighted by molar-refractivity contribution is -0.116. The molecular formula is C10H12FNO3. The molecule has 0 aliphatic carbocycles. The Morgan fingerprint density at radius 2 is 2.33 bits per heavy atom. The molecule has 1 amide bonds. The molecule has 1 rings (SSSR count). The van der Waals surface area contributed by atoms with E-state index in [-0.39, 0.29) is 24.6 Å². The number of carbonyl (C=O) groups excluding carboxylic acids is 1. The van der Waals surface area contributed by atoms with Gasteiger partial charge in [0.2, 0.25) is 5.91 Å². The van der Waals surface area contributed by atoms with Crippen LogP contribution in [-0.4, -0.2) is 24.7 Å². The number of carbonyl (C=O) groups is 1. The summed E-state index contributed by atoms with van der Waals surface area (Å²) in [5.41, 5.74) is 0.260. The van der Waals surface area contributed by atoms with E-state index in [1.54, 1.807) is 0 Å². The first-order valence-electron chi connectivity index (χ1n) is 4.41. The zero-order chi connectivity index (χ0) is 11.3. The normalized spacial score (nSPS) is 9.80. The standard InChI is InChI=1S/C10H12FNO3/c1-15-9-3-2-7(11)6-8(9)12-10(14)4-5-13/h2-3,6,13H,4-5H2,1H3,(H,12,14). The van der Waals surface area contributed by atoms with Crippen LogP contribution in [0.5, 0.6) is 5.75 Å². The van der Waals surface area contributed by atoms with Crippen molar-refractivity contribution in [1.82, 2.24) is 0 Å². The highest BCUT2D eigenvalue weighted by Gasteiger charge is 2.07. The number of amides is 1. The van der Waals surface area contributed by atoms with E-state index in [1.807, 2.05) is 0 Å². The number of methoxy groups -OCH3 is 1. The number of aliphatic hydroxyl groups is 1. The monoisotopic (exact) mass is 213 g/mol. The molecular weight excluding hydrogens is 201 g/mol. The first-order valence-corrected chi connectivity index (χ1v) is 4.41. The largest absolute Gasteiger partial charge is 0.495 e. The predicted octanol–water partition coefficient (Wildman–Crippen LogP) is 1.16. The smallest absolute Gasteiger partial charge is 0.226 e. The van der Waals surface area contributed by atoms with E-state index in [9.17, 15) is 9.18 Å². The van der Waals surface area contributed by atoms with Gasteiger partial charge in [-0.25, -0.2) is 4.39 Å². The molecule has 0 saturated carbocycles. The Bertz CT molecular complexity index is 355. The third kappa shape index (κ3) is 3.21. The Morgan fingerprint density at radius 3 is 2.93 bits per heavy atom. The number of nitrogens with one attached hydrogen (secondary N) is 1. The van der Waals surface area contributed by atoms with E-state index in [2.05, 4.69) is 5.32 Å². The van der Waals surface area contributed by atoms with E-state index in [4.69, 9.17) is 9.84 Å². The van der Waals surface area contributed by atoms with Gasteiger partial charge in [-0.3, -0.25) is 4.79 Å². The molecule has 0 saturated heterocycles. The van der Waals surface area contributed by atoms with Gasteiger partial charge in [0, 0.05) is 6.07 Å². The molecule has 0 unspecified atom stereocenters. The fourth-order valence-electron chi connectivity index (χ4n) is 1.09. The van der Waals surface area contributed by atoms with Crippen LogP contribution < -0.4 is 10.1 Å². The predicted molar refractivity (Wildman–Crippen MR) is 53.3 cm³/mol. The van der Waals surface area contributed by atoms with Crippen molar-refractivity contribution in [3.05, 3.63) is 24.0 Å². The van der Waals surface area contributed by atoms with Crippen molar-refractivity contribution >= 4 is 11.6 Å². The second-order valence-corrected chi connectivity index (χ2v) is 2.87. The lowest BCUT2D eigenvalue weighted by Crippen LogP contribution is -2.13. The number of aliphatic hydroxyl groups excluding tert-OH is 1. The first kappa shape index (κ1) is 11.5. The average Bonchev–Trinajstić information content (AvgIpc) is 2.18. The maximum atomic E-state index is 12.9. The molecule has 1 aromatic rings. The Hall–Kier alpha value is -1.62. The number of ether oxygens (including phenoxy) is 1. The zero-order valence-electron chi connectivity index (χ0n) is 8.29. The number of hydrogen-bond donors (Lipinski definition) is 2. The highest BCUT2D eigenvalue weighted by molar-refractivity contribution is 5.92. The number of rotatable bonds is 4. The summed E-state index contributed by atoms with van der Waals surface area (Å²) in [7, 11) is 1.43. The van der Waals surface area contributed by atoms with Crippen molar-refractivity contribution in [2.45, 2.75) is 6.42 Å². The summed E-state index contributed by atoms with van der Waals surface area (Å²) in [5.74, 6) is -0.473. The second kappa shape index (κ2) is 5.31. The summed E-state index contributed by atoms with van der Waals surface area (Å²) >= 11 is 0. The molecule has 2 N–H and O–H groups in total. The molecule has 0 aliphatic heterocycles. The quantitative estimate of drug-likeness (QED) is 0.788. The Kier molecular flexibility index (Phi) is 4.05. The number of halogens is 1. The summed E-state index contributed by atoms with van der Waals surface area (Å²) in [6.45, 7) is -0.247. The van der Waals surface area contributed by atoms with Crippen LogP contribution in [0.2, 0.25) is 0 Å². The van der Waals surface area contributed by atoms with Crippen molar-refractivity contribution < 1.29 is 19.0 Å². The summed E-state index contributed by atoms with van der Waals surface area (Å²) in [6, 6.07) is 3.82. The molecule has 0 fully saturated rings.